The summed E-state index contributed by atoms with van der Waals surface area (Å²) in [6, 6.07) is 14.5. The molecule has 0 unspecified atom stereocenters. The number of aromatic nitrogens is 6. The highest BCUT2D eigenvalue weighted by Gasteiger charge is 2.30. The summed E-state index contributed by atoms with van der Waals surface area (Å²) in [5.74, 6) is 0.901. The van der Waals surface area contributed by atoms with Gasteiger partial charge in [0.15, 0.2) is 11.0 Å². The van der Waals surface area contributed by atoms with Gasteiger partial charge in [-0.1, -0.05) is 42.1 Å². The Bertz CT molecular complexity index is 1060. The lowest BCUT2D eigenvalue weighted by Crippen LogP contribution is -2.06. The van der Waals surface area contributed by atoms with Crippen LogP contribution in [0.25, 0.3) is 16.9 Å². The number of alkyl halides is 3. The maximum absolute atomic E-state index is 12.7. The summed E-state index contributed by atoms with van der Waals surface area (Å²) in [6.45, 7) is 0. The molecule has 0 bridgehead atoms. The fourth-order valence-corrected chi connectivity index (χ4v) is 3.32. The third kappa shape index (κ3) is 3.91. The third-order valence-corrected chi connectivity index (χ3v) is 4.83. The molecule has 0 saturated carbocycles. The number of nitrogens with zero attached hydrogens (tertiary/aromatic N) is 5. The van der Waals surface area contributed by atoms with Gasteiger partial charge in [-0.3, -0.25) is 0 Å². The molecule has 4 aromatic rings. The van der Waals surface area contributed by atoms with Crippen LogP contribution in [0.3, 0.4) is 0 Å². The van der Waals surface area contributed by atoms with Crippen molar-refractivity contribution in [3.8, 4) is 16.9 Å². The minimum Gasteiger partial charge on any atom is -0.333 e. The van der Waals surface area contributed by atoms with Gasteiger partial charge in [-0.15, -0.1) is 5.10 Å². The van der Waals surface area contributed by atoms with Gasteiger partial charge in [-0.2, -0.15) is 17.9 Å². The first-order chi connectivity index (χ1) is 13.5. The average molecular weight is 402 g/mol. The van der Waals surface area contributed by atoms with Crippen LogP contribution in [-0.4, -0.2) is 30.2 Å². The van der Waals surface area contributed by atoms with Crippen LogP contribution < -0.4 is 0 Å². The number of hydrogen-bond acceptors (Lipinski definition) is 5. The van der Waals surface area contributed by atoms with Crippen molar-refractivity contribution >= 4 is 11.8 Å². The van der Waals surface area contributed by atoms with Crippen molar-refractivity contribution in [3.63, 3.8) is 0 Å². The van der Waals surface area contributed by atoms with E-state index in [9.17, 15) is 13.2 Å². The molecule has 2 heterocycles. The third-order valence-electron chi connectivity index (χ3n) is 3.95. The van der Waals surface area contributed by atoms with Gasteiger partial charge in [0.25, 0.3) is 0 Å². The van der Waals surface area contributed by atoms with Gasteiger partial charge in [0.05, 0.1) is 28.9 Å². The molecule has 0 amide bonds. The number of rotatable bonds is 5. The fourth-order valence-electron chi connectivity index (χ4n) is 2.56. The SMILES string of the molecule is FC(F)(F)c1ccc(-n2nnnc2CSc2ncc(-c3ccccc3)[nH]2)cc1. The Balaban J connectivity index is 1.48. The zero-order chi connectivity index (χ0) is 19.6. The predicted molar refractivity (Wildman–Crippen MR) is 97.7 cm³/mol. The van der Waals surface area contributed by atoms with Crippen molar-refractivity contribution < 1.29 is 13.2 Å². The Morgan fingerprint density at radius 2 is 1.75 bits per heavy atom. The summed E-state index contributed by atoms with van der Waals surface area (Å²) in [4.78, 5) is 7.56. The normalized spacial score (nSPS) is 11.7. The average Bonchev–Trinajstić information content (AvgIpc) is 3.36. The van der Waals surface area contributed by atoms with E-state index in [0.717, 1.165) is 23.4 Å². The maximum Gasteiger partial charge on any atom is 0.416 e. The van der Waals surface area contributed by atoms with Gasteiger partial charge >= 0.3 is 6.18 Å². The van der Waals surface area contributed by atoms with E-state index in [4.69, 9.17) is 0 Å². The molecule has 0 aliphatic heterocycles. The maximum atomic E-state index is 12.7. The van der Waals surface area contributed by atoms with Gasteiger partial charge in [0, 0.05) is 0 Å². The Kier molecular flexibility index (Phi) is 4.86. The number of aromatic amines is 1. The fraction of sp³-hybridized carbons (Fsp3) is 0.111. The molecule has 0 atom stereocenters. The number of nitrogens with one attached hydrogen (secondary N) is 1. The van der Waals surface area contributed by atoms with E-state index < -0.39 is 11.7 Å². The molecular weight excluding hydrogens is 389 g/mol. The molecule has 0 aliphatic rings. The Hall–Kier alpha value is -3.14. The van der Waals surface area contributed by atoms with E-state index in [2.05, 4.69) is 25.5 Å². The number of H-pyrrole nitrogens is 1. The molecular formula is C18H13F3N6S. The van der Waals surface area contributed by atoms with E-state index in [1.165, 1.54) is 28.6 Å². The molecule has 28 heavy (non-hydrogen) atoms. The number of benzene rings is 2. The highest BCUT2D eigenvalue weighted by atomic mass is 32.2. The van der Waals surface area contributed by atoms with Crippen LogP contribution in [-0.2, 0) is 11.9 Å². The Morgan fingerprint density at radius 3 is 2.46 bits per heavy atom. The lowest BCUT2D eigenvalue weighted by atomic mass is 10.2. The molecule has 1 N–H and O–H groups in total. The molecule has 10 heteroatoms. The minimum atomic E-state index is -4.38. The summed E-state index contributed by atoms with van der Waals surface area (Å²) in [5.41, 5.74) is 1.66. The van der Waals surface area contributed by atoms with Gasteiger partial charge in [0.1, 0.15) is 0 Å². The molecule has 2 aromatic carbocycles. The number of thioether (sulfide) groups is 1. The van der Waals surface area contributed by atoms with Gasteiger partial charge in [0.2, 0.25) is 0 Å². The lowest BCUT2D eigenvalue weighted by Gasteiger charge is -2.08. The van der Waals surface area contributed by atoms with Crippen LogP contribution >= 0.6 is 11.8 Å². The van der Waals surface area contributed by atoms with Gasteiger partial charge in [-0.25, -0.2) is 4.98 Å². The molecule has 0 saturated heterocycles. The standard InChI is InChI=1S/C18H13F3N6S/c19-18(20,21)13-6-8-14(9-7-13)27-16(24-25-26-27)11-28-17-22-10-15(23-17)12-4-2-1-3-5-12/h1-10H,11H2,(H,22,23). The zero-order valence-corrected chi connectivity index (χ0v) is 15.1. The monoisotopic (exact) mass is 402 g/mol. The molecule has 0 fully saturated rings. The topological polar surface area (TPSA) is 72.3 Å². The second-order valence-corrected chi connectivity index (χ2v) is 6.77. The summed E-state index contributed by atoms with van der Waals surface area (Å²) in [6.07, 6.45) is -2.63. The van der Waals surface area contributed by atoms with E-state index in [1.54, 1.807) is 6.20 Å². The first-order valence-electron chi connectivity index (χ1n) is 8.19. The minimum absolute atomic E-state index is 0.399. The number of halogens is 3. The molecule has 0 spiro atoms. The smallest absolute Gasteiger partial charge is 0.333 e. The molecule has 4 rings (SSSR count). The van der Waals surface area contributed by atoms with Crippen LogP contribution in [0, 0.1) is 0 Å². The summed E-state index contributed by atoms with van der Waals surface area (Å²) >= 11 is 1.40. The van der Waals surface area contributed by atoms with E-state index in [-0.39, 0.29) is 0 Å². The van der Waals surface area contributed by atoms with Crippen molar-refractivity contribution in [3.05, 3.63) is 72.2 Å². The summed E-state index contributed by atoms with van der Waals surface area (Å²) < 4.78 is 39.6. The van der Waals surface area contributed by atoms with Crippen LogP contribution in [0.15, 0.2) is 66.0 Å². The van der Waals surface area contributed by atoms with Crippen molar-refractivity contribution in [2.24, 2.45) is 0 Å². The van der Waals surface area contributed by atoms with Crippen LogP contribution in [0.4, 0.5) is 13.2 Å². The molecule has 2 aromatic heterocycles. The van der Waals surface area contributed by atoms with Crippen LogP contribution in [0.2, 0.25) is 0 Å². The number of hydrogen-bond donors (Lipinski definition) is 1. The lowest BCUT2D eigenvalue weighted by molar-refractivity contribution is -0.137. The van der Waals surface area contributed by atoms with Crippen molar-refractivity contribution in [1.29, 1.82) is 0 Å². The summed E-state index contributed by atoms with van der Waals surface area (Å²) in [5, 5.41) is 12.2. The number of tetrazole rings is 1. The summed E-state index contributed by atoms with van der Waals surface area (Å²) in [7, 11) is 0. The molecule has 142 valence electrons. The second kappa shape index (κ2) is 7.47. The first-order valence-corrected chi connectivity index (χ1v) is 9.17. The molecule has 6 nitrogen and oxygen atoms in total. The second-order valence-electron chi connectivity index (χ2n) is 5.81. The highest BCUT2D eigenvalue weighted by molar-refractivity contribution is 7.98. The molecule has 0 radical (unpaired) electrons. The van der Waals surface area contributed by atoms with Gasteiger partial charge < -0.3 is 4.98 Å². The van der Waals surface area contributed by atoms with E-state index in [1.807, 2.05) is 30.3 Å². The quantitative estimate of drug-likeness (QED) is 0.502. The predicted octanol–water partition coefficient (Wildman–Crippen LogP) is 4.36. The van der Waals surface area contributed by atoms with Crippen LogP contribution in [0.5, 0.6) is 0 Å². The van der Waals surface area contributed by atoms with Crippen molar-refractivity contribution in [2.45, 2.75) is 17.1 Å². The van der Waals surface area contributed by atoms with E-state index >= 15 is 0 Å². The van der Waals surface area contributed by atoms with E-state index in [0.29, 0.717) is 22.4 Å². The Labute approximate surface area is 161 Å². The van der Waals surface area contributed by atoms with Gasteiger partial charge in [-0.05, 0) is 40.3 Å². The Morgan fingerprint density at radius 1 is 1.00 bits per heavy atom. The van der Waals surface area contributed by atoms with Crippen LogP contribution in [0.1, 0.15) is 11.4 Å². The number of imidazole rings is 1. The largest absolute Gasteiger partial charge is 0.416 e. The molecule has 0 aliphatic carbocycles. The zero-order valence-electron chi connectivity index (χ0n) is 14.3. The first kappa shape index (κ1) is 18.2. The highest BCUT2D eigenvalue weighted by Crippen LogP contribution is 2.30. The van der Waals surface area contributed by atoms with Crippen molar-refractivity contribution in [1.82, 2.24) is 30.2 Å². The van der Waals surface area contributed by atoms with Crippen molar-refractivity contribution in [2.75, 3.05) is 0 Å².